The number of pyridine rings is 3. The average Bonchev–Trinajstić information content (AvgIpc) is 3.32. The Balaban J connectivity index is 1.83. The van der Waals surface area contributed by atoms with Crippen molar-refractivity contribution in [3.8, 4) is 28.7 Å². The fourth-order valence-corrected chi connectivity index (χ4v) is 5.00. The van der Waals surface area contributed by atoms with Gasteiger partial charge in [0.2, 0.25) is 21.9 Å². The van der Waals surface area contributed by atoms with E-state index in [1.165, 1.54) is 45.2 Å². The van der Waals surface area contributed by atoms with Gasteiger partial charge in [0.25, 0.3) is 0 Å². The molecule has 1 N–H and O–H groups in total. The van der Waals surface area contributed by atoms with Crippen LogP contribution in [-0.4, -0.2) is 64.7 Å². The highest BCUT2D eigenvalue weighted by molar-refractivity contribution is 7.93. The van der Waals surface area contributed by atoms with Crippen LogP contribution < -0.4 is 14.2 Å². The molecule has 0 amide bonds. The minimum absolute atomic E-state index is 0.112. The lowest BCUT2D eigenvalue weighted by molar-refractivity contribution is 0.102. The number of nitrogens with one attached hydrogen (secondary N) is 1. The Hall–Kier alpha value is -3.81. The summed E-state index contributed by atoms with van der Waals surface area (Å²) in [5.41, 5.74) is 1.41. The monoisotopic (exact) mass is 545 g/mol. The van der Waals surface area contributed by atoms with Gasteiger partial charge in [-0.1, -0.05) is 17.7 Å². The van der Waals surface area contributed by atoms with Gasteiger partial charge in [-0.25, -0.2) is 18.4 Å². The van der Waals surface area contributed by atoms with E-state index in [9.17, 15) is 8.42 Å². The zero-order valence-corrected chi connectivity index (χ0v) is 21.9. The summed E-state index contributed by atoms with van der Waals surface area (Å²) in [4.78, 5) is 12.4. The molecule has 4 aromatic rings. The summed E-state index contributed by atoms with van der Waals surface area (Å²) in [5, 5.41) is 7.60. The van der Waals surface area contributed by atoms with Crippen LogP contribution in [0.3, 0.4) is 0 Å². The third-order valence-corrected chi connectivity index (χ3v) is 7.47. The second kappa shape index (κ2) is 11.1. The van der Waals surface area contributed by atoms with Gasteiger partial charge >= 0.3 is 0 Å². The maximum atomic E-state index is 13.6. The molecule has 0 spiro atoms. The Morgan fingerprint density at radius 2 is 1.81 bits per heavy atom. The topological polar surface area (TPSA) is 143 Å². The van der Waals surface area contributed by atoms with Crippen LogP contribution >= 0.6 is 11.6 Å². The van der Waals surface area contributed by atoms with E-state index in [2.05, 4.69) is 29.9 Å². The molecule has 14 heteroatoms. The first-order chi connectivity index (χ1) is 17.8. The second-order valence-corrected chi connectivity index (χ2v) is 10.1. The van der Waals surface area contributed by atoms with E-state index in [0.717, 1.165) is 0 Å². The van der Waals surface area contributed by atoms with Crippen molar-refractivity contribution in [2.45, 2.75) is 18.3 Å². The highest BCUT2D eigenvalue weighted by Crippen LogP contribution is 2.36. The van der Waals surface area contributed by atoms with Crippen molar-refractivity contribution in [3.05, 3.63) is 65.8 Å². The molecule has 4 rings (SSSR count). The summed E-state index contributed by atoms with van der Waals surface area (Å²) in [6, 6.07) is 8.32. The van der Waals surface area contributed by atoms with Crippen molar-refractivity contribution in [2.75, 3.05) is 26.1 Å². The fourth-order valence-electron chi connectivity index (χ4n) is 3.72. The summed E-state index contributed by atoms with van der Waals surface area (Å²) in [6.45, 7) is 1.51. The lowest BCUT2D eigenvalue weighted by Crippen LogP contribution is -2.32. The van der Waals surface area contributed by atoms with Gasteiger partial charge in [-0.15, -0.1) is 10.2 Å². The highest BCUT2D eigenvalue weighted by Gasteiger charge is 2.34. The van der Waals surface area contributed by atoms with E-state index in [1.54, 1.807) is 42.7 Å². The van der Waals surface area contributed by atoms with Crippen molar-refractivity contribution in [1.29, 1.82) is 0 Å². The lowest BCUT2D eigenvalue weighted by Gasteiger charge is -2.23. The van der Waals surface area contributed by atoms with E-state index in [-0.39, 0.29) is 22.8 Å². The van der Waals surface area contributed by atoms with E-state index >= 15 is 0 Å². The predicted octanol–water partition coefficient (Wildman–Crippen LogP) is 3.31. The third-order valence-electron chi connectivity index (χ3n) is 5.56. The van der Waals surface area contributed by atoms with Crippen molar-refractivity contribution in [3.63, 3.8) is 0 Å². The molecule has 194 valence electrons. The summed E-state index contributed by atoms with van der Waals surface area (Å²) in [7, 11) is 0.231. The minimum atomic E-state index is -4.10. The molecular weight excluding hydrogens is 522 g/mol. The summed E-state index contributed by atoms with van der Waals surface area (Å²) < 4.78 is 47.7. The molecule has 0 aromatic carbocycles. The Morgan fingerprint density at radius 3 is 2.43 bits per heavy atom. The third kappa shape index (κ3) is 5.33. The highest BCUT2D eigenvalue weighted by atomic mass is 35.5. The van der Waals surface area contributed by atoms with Crippen LogP contribution in [0.4, 0.5) is 5.95 Å². The number of methoxy groups -OCH3 is 3. The minimum Gasteiger partial charge on any atom is -0.494 e. The van der Waals surface area contributed by atoms with E-state index in [4.69, 9.17) is 25.8 Å². The molecule has 2 atom stereocenters. The molecule has 0 saturated heterocycles. The van der Waals surface area contributed by atoms with E-state index in [1.807, 2.05) is 0 Å². The molecule has 0 aliphatic heterocycles. The molecule has 0 saturated carbocycles. The van der Waals surface area contributed by atoms with Crippen LogP contribution in [0.2, 0.25) is 5.15 Å². The SMILES string of the molecule is COc1ccnc(OC)c1-n1c(NS(=O)(=O)[C@H](C)[C@@H](OC)c2ccc(Cl)nc2)nnc1-c1cccnc1. The van der Waals surface area contributed by atoms with E-state index in [0.29, 0.717) is 22.6 Å². The first kappa shape index (κ1) is 26.3. The van der Waals surface area contributed by atoms with Gasteiger partial charge in [0.1, 0.15) is 22.3 Å². The summed E-state index contributed by atoms with van der Waals surface area (Å²) in [5.74, 6) is 0.694. The van der Waals surface area contributed by atoms with Crippen molar-refractivity contribution < 1.29 is 22.6 Å². The zero-order chi connectivity index (χ0) is 26.6. The molecule has 0 fully saturated rings. The Kier molecular flexibility index (Phi) is 7.86. The normalized spacial score (nSPS) is 13.1. The first-order valence-electron chi connectivity index (χ1n) is 10.9. The van der Waals surface area contributed by atoms with Crippen LogP contribution in [0, 0.1) is 0 Å². The smallest absolute Gasteiger partial charge is 0.243 e. The first-order valence-corrected chi connectivity index (χ1v) is 12.8. The van der Waals surface area contributed by atoms with Gasteiger partial charge in [0.05, 0.1) is 14.2 Å². The maximum Gasteiger partial charge on any atom is 0.243 e. The van der Waals surface area contributed by atoms with Crippen LogP contribution in [0.15, 0.2) is 55.1 Å². The number of ether oxygens (including phenoxy) is 3. The maximum absolute atomic E-state index is 13.6. The summed E-state index contributed by atoms with van der Waals surface area (Å²) in [6.07, 6.45) is 5.31. The fraction of sp³-hybridized carbons (Fsp3) is 0.261. The standard InChI is InChI=1S/C23H24ClN7O5S/c1-14(20(35-3)15-7-8-18(24)27-13-15)37(32,33)30-23-29-28-21(16-6-5-10-25-12-16)31(23)19-17(34-2)9-11-26-22(19)36-4/h5-14,20H,1-4H3,(H,29,30)/t14-,20-/m1/s1. The van der Waals surface area contributed by atoms with Crippen LogP contribution in [0.5, 0.6) is 11.6 Å². The van der Waals surface area contributed by atoms with E-state index < -0.39 is 21.4 Å². The molecule has 0 unspecified atom stereocenters. The Morgan fingerprint density at radius 1 is 1.00 bits per heavy atom. The number of nitrogens with zero attached hydrogens (tertiary/aromatic N) is 6. The second-order valence-electron chi connectivity index (χ2n) is 7.72. The van der Waals surface area contributed by atoms with Crippen LogP contribution in [0.1, 0.15) is 18.6 Å². The number of halogens is 1. The molecule has 37 heavy (non-hydrogen) atoms. The molecule has 12 nitrogen and oxygen atoms in total. The molecule has 0 radical (unpaired) electrons. The van der Waals surface area contributed by atoms with Gasteiger partial charge in [-0.2, -0.15) is 0 Å². The predicted molar refractivity (Wildman–Crippen MR) is 136 cm³/mol. The van der Waals surface area contributed by atoms with Gasteiger partial charge in [-0.05, 0) is 25.1 Å². The quantitative estimate of drug-likeness (QED) is 0.295. The number of aromatic nitrogens is 6. The molecule has 0 bridgehead atoms. The summed E-state index contributed by atoms with van der Waals surface area (Å²) >= 11 is 5.88. The largest absolute Gasteiger partial charge is 0.494 e. The van der Waals surface area contributed by atoms with Crippen molar-refractivity contribution in [1.82, 2.24) is 29.7 Å². The van der Waals surface area contributed by atoms with Crippen molar-refractivity contribution in [2.24, 2.45) is 0 Å². The Bertz CT molecular complexity index is 1440. The number of anilines is 1. The Labute approximate surface area is 218 Å². The zero-order valence-electron chi connectivity index (χ0n) is 20.4. The molecule has 0 aliphatic carbocycles. The number of rotatable bonds is 10. The molecule has 0 aliphatic rings. The lowest BCUT2D eigenvalue weighted by atomic mass is 10.1. The van der Waals surface area contributed by atoms with Gasteiger partial charge < -0.3 is 14.2 Å². The number of hydrogen-bond acceptors (Lipinski definition) is 10. The molecule has 4 heterocycles. The van der Waals surface area contributed by atoms with Gasteiger partial charge in [-0.3, -0.25) is 14.3 Å². The average molecular weight is 546 g/mol. The molecular formula is C23H24ClN7O5S. The van der Waals surface area contributed by atoms with Crippen molar-refractivity contribution >= 4 is 27.6 Å². The van der Waals surface area contributed by atoms with Crippen LogP contribution in [0.25, 0.3) is 17.1 Å². The number of sulfonamides is 1. The van der Waals surface area contributed by atoms with Crippen LogP contribution in [-0.2, 0) is 14.8 Å². The van der Waals surface area contributed by atoms with Gasteiger partial charge in [0.15, 0.2) is 11.5 Å². The number of hydrogen-bond donors (Lipinski definition) is 1. The molecule has 4 aromatic heterocycles. The van der Waals surface area contributed by atoms with Gasteiger partial charge in [0, 0.05) is 49.1 Å².